The van der Waals surface area contributed by atoms with E-state index in [1.807, 2.05) is 11.8 Å². The van der Waals surface area contributed by atoms with Gasteiger partial charge in [0.15, 0.2) is 0 Å². The van der Waals surface area contributed by atoms with Crippen LogP contribution < -0.4 is 5.32 Å². The molecule has 0 aromatic heterocycles. The third-order valence-corrected chi connectivity index (χ3v) is 3.45. The maximum atomic E-state index is 11.8. The second kappa shape index (κ2) is 4.21. The summed E-state index contributed by atoms with van der Waals surface area (Å²) in [5.41, 5.74) is 0. The molecule has 1 unspecified atom stereocenters. The molecule has 0 radical (unpaired) electrons. The van der Waals surface area contributed by atoms with Gasteiger partial charge in [-0.05, 0) is 25.7 Å². The van der Waals surface area contributed by atoms with Crippen LogP contribution >= 0.6 is 0 Å². The van der Waals surface area contributed by atoms with Gasteiger partial charge in [-0.25, -0.2) is 0 Å². The van der Waals surface area contributed by atoms with E-state index in [-0.39, 0.29) is 24.4 Å². The molecule has 1 aliphatic carbocycles. The smallest absolute Gasteiger partial charge is 0.242 e. The van der Waals surface area contributed by atoms with Gasteiger partial charge in [0.1, 0.15) is 0 Å². The zero-order chi connectivity index (χ0) is 10.8. The second-order valence-corrected chi connectivity index (χ2v) is 4.67. The van der Waals surface area contributed by atoms with E-state index in [4.69, 9.17) is 0 Å². The van der Waals surface area contributed by atoms with Crippen LogP contribution in [-0.2, 0) is 9.59 Å². The molecule has 1 saturated carbocycles. The van der Waals surface area contributed by atoms with Crippen molar-refractivity contribution in [1.29, 1.82) is 0 Å². The highest BCUT2D eigenvalue weighted by Gasteiger charge is 2.30. The molecule has 84 valence electrons. The van der Waals surface area contributed by atoms with Gasteiger partial charge in [0.2, 0.25) is 11.8 Å². The number of nitrogens with one attached hydrogen (secondary N) is 1. The van der Waals surface area contributed by atoms with Crippen molar-refractivity contribution in [3.8, 4) is 0 Å². The van der Waals surface area contributed by atoms with E-state index in [0.29, 0.717) is 12.3 Å². The molecule has 1 atom stereocenters. The summed E-state index contributed by atoms with van der Waals surface area (Å²) < 4.78 is 0. The van der Waals surface area contributed by atoms with Crippen LogP contribution in [0.2, 0.25) is 0 Å². The summed E-state index contributed by atoms with van der Waals surface area (Å²) in [5.74, 6) is 0.733. The Bertz CT molecular complexity index is 274. The van der Waals surface area contributed by atoms with Crippen molar-refractivity contribution in [2.24, 2.45) is 5.92 Å². The summed E-state index contributed by atoms with van der Waals surface area (Å²) in [6.45, 7) is 2.98. The highest BCUT2D eigenvalue weighted by molar-refractivity contribution is 5.87. The number of carbonyl (C=O) groups is 2. The topological polar surface area (TPSA) is 49.4 Å². The van der Waals surface area contributed by atoms with E-state index in [0.717, 1.165) is 6.54 Å². The van der Waals surface area contributed by atoms with E-state index in [9.17, 15) is 9.59 Å². The minimum atomic E-state index is -0.00744. The molecule has 4 heteroatoms. The lowest BCUT2D eigenvalue weighted by Crippen LogP contribution is -2.43. The summed E-state index contributed by atoms with van der Waals surface area (Å²) in [6.07, 6.45) is 4.20. The first-order valence-electron chi connectivity index (χ1n) is 5.73. The first-order chi connectivity index (χ1) is 7.16. The first kappa shape index (κ1) is 10.5. The van der Waals surface area contributed by atoms with Gasteiger partial charge < -0.3 is 10.2 Å². The largest absolute Gasteiger partial charge is 0.347 e. The van der Waals surface area contributed by atoms with Gasteiger partial charge in [0.05, 0.1) is 6.54 Å². The third-order valence-electron chi connectivity index (χ3n) is 3.45. The van der Waals surface area contributed by atoms with Crippen LogP contribution in [0.5, 0.6) is 0 Å². The van der Waals surface area contributed by atoms with Crippen LogP contribution in [0.1, 0.15) is 32.6 Å². The molecule has 1 aliphatic heterocycles. The average molecular weight is 210 g/mol. The molecule has 15 heavy (non-hydrogen) atoms. The Balaban J connectivity index is 1.98. The fourth-order valence-electron chi connectivity index (χ4n) is 2.21. The summed E-state index contributed by atoms with van der Waals surface area (Å²) in [7, 11) is 0. The van der Waals surface area contributed by atoms with E-state index in [1.165, 1.54) is 19.3 Å². The number of amides is 2. The lowest BCUT2D eigenvalue weighted by Gasteiger charge is -2.34. The minimum absolute atomic E-state index is 0.00744. The predicted octanol–water partition coefficient (Wildman–Crippen LogP) is 0.523. The van der Waals surface area contributed by atoms with E-state index in [2.05, 4.69) is 5.32 Å². The Morgan fingerprint density at radius 2 is 2.13 bits per heavy atom. The molecule has 0 aromatic rings. The molecule has 1 heterocycles. The van der Waals surface area contributed by atoms with E-state index in [1.54, 1.807) is 0 Å². The van der Waals surface area contributed by atoms with Crippen LogP contribution in [0.3, 0.4) is 0 Å². The van der Waals surface area contributed by atoms with Crippen LogP contribution in [0.15, 0.2) is 0 Å². The first-order valence-corrected chi connectivity index (χ1v) is 5.73. The molecule has 0 bridgehead atoms. The Labute approximate surface area is 90.0 Å². The zero-order valence-electron chi connectivity index (χ0n) is 9.16. The van der Waals surface area contributed by atoms with Crippen LogP contribution in [-0.4, -0.2) is 35.8 Å². The van der Waals surface area contributed by atoms with Crippen molar-refractivity contribution in [3.63, 3.8) is 0 Å². The Kier molecular flexibility index (Phi) is 2.93. The van der Waals surface area contributed by atoms with Gasteiger partial charge >= 0.3 is 0 Å². The standard InChI is InChI=1S/C11H18N2O2/c1-8-5-10(14)12-6-11(15)13(8)7-9-3-2-4-9/h8-9H,2-7H2,1H3,(H,12,14). The normalized spacial score (nSPS) is 28.3. The number of nitrogens with zero attached hydrogens (tertiary/aromatic N) is 1. The fourth-order valence-corrected chi connectivity index (χ4v) is 2.21. The maximum absolute atomic E-state index is 11.8. The Hall–Kier alpha value is -1.06. The Morgan fingerprint density at radius 1 is 1.40 bits per heavy atom. The van der Waals surface area contributed by atoms with Crippen LogP contribution in [0.4, 0.5) is 0 Å². The summed E-state index contributed by atoms with van der Waals surface area (Å²) >= 11 is 0. The van der Waals surface area contributed by atoms with E-state index >= 15 is 0 Å². The third kappa shape index (κ3) is 2.30. The van der Waals surface area contributed by atoms with Gasteiger partial charge in [-0.2, -0.15) is 0 Å². The molecule has 2 amide bonds. The molecular weight excluding hydrogens is 192 g/mol. The van der Waals surface area contributed by atoms with Gasteiger partial charge in [-0.15, -0.1) is 0 Å². The summed E-state index contributed by atoms with van der Waals surface area (Å²) in [4.78, 5) is 24.9. The van der Waals surface area contributed by atoms with Gasteiger partial charge in [-0.3, -0.25) is 9.59 Å². The van der Waals surface area contributed by atoms with Crippen LogP contribution in [0, 0.1) is 5.92 Å². The highest BCUT2D eigenvalue weighted by Crippen LogP contribution is 2.28. The molecule has 4 nitrogen and oxygen atoms in total. The Morgan fingerprint density at radius 3 is 2.73 bits per heavy atom. The predicted molar refractivity (Wildman–Crippen MR) is 56.1 cm³/mol. The molecular formula is C11H18N2O2. The highest BCUT2D eigenvalue weighted by atomic mass is 16.2. The lowest BCUT2D eigenvalue weighted by molar-refractivity contribution is -0.132. The molecule has 0 spiro atoms. The maximum Gasteiger partial charge on any atom is 0.242 e. The minimum Gasteiger partial charge on any atom is -0.347 e. The zero-order valence-corrected chi connectivity index (χ0v) is 9.16. The molecule has 2 fully saturated rings. The van der Waals surface area contributed by atoms with Crippen molar-refractivity contribution in [3.05, 3.63) is 0 Å². The molecule has 1 saturated heterocycles. The summed E-state index contributed by atoms with van der Waals surface area (Å²) in [5, 5.41) is 2.63. The number of rotatable bonds is 2. The average Bonchev–Trinajstić information content (AvgIpc) is 2.22. The quantitative estimate of drug-likeness (QED) is 0.722. The van der Waals surface area contributed by atoms with Gasteiger partial charge in [0, 0.05) is 19.0 Å². The van der Waals surface area contributed by atoms with Crippen molar-refractivity contribution >= 4 is 11.8 Å². The lowest BCUT2D eigenvalue weighted by atomic mass is 9.85. The van der Waals surface area contributed by atoms with Gasteiger partial charge in [-0.1, -0.05) is 6.42 Å². The van der Waals surface area contributed by atoms with Crippen molar-refractivity contribution in [1.82, 2.24) is 10.2 Å². The van der Waals surface area contributed by atoms with Crippen molar-refractivity contribution in [2.45, 2.75) is 38.6 Å². The van der Waals surface area contributed by atoms with Crippen molar-refractivity contribution < 1.29 is 9.59 Å². The molecule has 1 N–H and O–H groups in total. The molecule has 2 aliphatic rings. The monoisotopic (exact) mass is 210 g/mol. The van der Waals surface area contributed by atoms with Crippen molar-refractivity contribution in [2.75, 3.05) is 13.1 Å². The van der Waals surface area contributed by atoms with Crippen LogP contribution in [0.25, 0.3) is 0 Å². The fraction of sp³-hybridized carbons (Fsp3) is 0.818. The second-order valence-electron chi connectivity index (χ2n) is 4.67. The molecule has 0 aromatic carbocycles. The van der Waals surface area contributed by atoms with Gasteiger partial charge in [0.25, 0.3) is 0 Å². The van der Waals surface area contributed by atoms with E-state index < -0.39 is 0 Å². The number of carbonyl (C=O) groups excluding carboxylic acids is 2. The SMILES string of the molecule is CC1CC(=O)NCC(=O)N1CC1CCC1. The summed E-state index contributed by atoms with van der Waals surface area (Å²) in [6, 6.07) is 0.0561. The number of hydrogen-bond donors (Lipinski definition) is 1. The molecule has 2 rings (SSSR count). The number of hydrogen-bond acceptors (Lipinski definition) is 2.